The molecule has 7 aromatic rings. The minimum Gasteiger partial charge on any atom is -0.308 e. The fourth-order valence-electron chi connectivity index (χ4n) is 4.75. The van der Waals surface area contributed by atoms with Crippen LogP contribution in [0.4, 0.5) is 0 Å². The largest absolute Gasteiger partial charge is 0.308 e. The predicted molar refractivity (Wildman–Crippen MR) is 129 cm³/mol. The first-order valence-electron chi connectivity index (χ1n) is 10.1. The fraction of sp³-hybridized carbons (Fsp3) is 0. The van der Waals surface area contributed by atoms with Gasteiger partial charge in [0.25, 0.3) is 0 Å². The van der Waals surface area contributed by atoms with Crippen LogP contribution in [0.1, 0.15) is 0 Å². The van der Waals surface area contributed by atoms with Crippen molar-refractivity contribution < 1.29 is 0 Å². The van der Waals surface area contributed by atoms with Gasteiger partial charge < -0.3 is 4.57 Å². The summed E-state index contributed by atoms with van der Waals surface area (Å²) in [4.78, 5) is 6.14. The summed E-state index contributed by atoms with van der Waals surface area (Å²) in [6.45, 7) is 0. The van der Waals surface area contributed by atoms with Crippen molar-refractivity contribution in [3.8, 4) is 5.69 Å². The molecule has 0 N–H and O–H groups in total. The Kier molecular flexibility index (Phi) is 3.18. The summed E-state index contributed by atoms with van der Waals surface area (Å²) in [5.41, 5.74) is 4.72. The van der Waals surface area contributed by atoms with Crippen LogP contribution in [-0.2, 0) is 0 Å². The molecule has 2 nitrogen and oxygen atoms in total. The Hall–Kier alpha value is -3.69. The summed E-state index contributed by atoms with van der Waals surface area (Å²) in [6.07, 6.45) is 0. The zero-order valence-electron chi connectivity index (χ0n) is 16.0. The van der Waals surface area contributed by atoms with Crippen LogP contribution in [0.2, 0.25) is 0 Å². The number of nitrogens with zero attached hydrogens (tertiary/aromatic N) is 2. The molecular weight excluding hydrogens is 384 g/mol. The van der Waals surface area contributed by atoms with Gasteiger partial charge >= 0.3 is 0 Å². The van der Waals surface area contributed by atoms with E-state index >= 15 is 0 Å². The summed E-state index contributed by atoms with van der Waals surface area (Å²) in [5.74, 6) is 0. The van der Waals surface area contributed by atoms with Gasteiger partial charge in [0.15, 0.2) is 0 Å². The van der Waals surface area contributed by atoms with Gasteiger partial charge in [-0.3, -0.25) is 0 Å². The highest BCUT2D eigenvalue weighted by Gasteiger charge is 2.20. The third kappa shape index (κ3) is 2.05. The first kappa shape index (κ1) is 16.1. The quantitative estimate of drug-likeness (QED) is 0.276. The van der Waals surface area contributed by atoms with E-state index in [4.69, 9.17) is 4.98 Å². The molecule has 0 spiro atoms. The zero-order valence-corrected chi connectivity index (χ0v) is 16.9. The molecule has 0 aliphatic heterocycles. The Labute approximate surface area is 176 Å². The number of fused-ring (bicyclic) bond motifs is 7. The molecule has 0 amide bonds. The lowest BCUT2D eigenvalue weighted by molar-refractivity contribution is 1.21. The standard InChI is InChI=1S/C27H16N2S/c1-5-13-21-19(11-1)26(25-20-12-4-8-16-24(20)30-27(25)28-21)29-22-14-6-2-9-17(22)18-10-3-7-15-23(18)29/h1-16H. The van der Waals surface area contributed by atoms with Crippen molar-refractivity contribution in [3.05, 3.63) is 97.1 Å². The predicted octanol–water partition coefficient (Wildman–Crippen LogP) is 7.70. The van der Waals surface area contributed by atoms with Gasteiger partial charge in [-0.2, -0.15) is 0 Å². The highest BCUT2D eigenvalue weighted by Crippen LogP contribution is 2.42. The number of pyridine rings is 1. The average Bonchev–Trinajstić information content (AvgIpc) is 3.33. The third-order valence-electron chi connectivity index (χ3n) is 6.00. The van der Waals surface area contributed by atoms with Crippen LogP contribution in [0.5, 0.6) is 0 Å². The minimum atomic E-state index is 1.04. The average molecular weight is 401 g/mol. The molecule has 0 aliphatic rings. The molecule has 0 atom stereocenters. The Bertz CT molecular complexity index is 1700. The summed E-state index contributed by atoms with van der Waals surface area (Å²) in [6, 6.07) is 34.6. The third-order valence-corrected chi connectivity index (χ3v) is 7.06. The van der Waals surface area contributed by atoms with E-state index in [1.807, 2.05) is 0 Å². The van der Waals surface area contributed by atoms with Crippen LogP contribution >= 0.6 is 11.3 Å². The molecule has 30 heavy (non-hydrogen) atoms. The van der Waals surface area contributed by atoms with Gasteiger partial charge in [-0.15, -0.1) is 11.3 Å². The molecule has 140 valence electrons. The highest BCUT2D eigenvalue weighted by molar-refractivity contribution is 7.25. The second-order valence-electron chi connectivity index (χ2n) is 7.63. The number of hydrogen-bond acceptors (Lipinski definition) is 2. The Balaban J connectivity index is 1.83. The van der Waals surface area contributed by atoms with E-state index in [1.54, 1.807) is 11.3 Å². The SMILES string of the molecule is c1ccc2c(-n3c4ccccc4c4ccccc43)c3c(nc2c1)sc1ccccc13. The van der Waals surface area contributed by atoms with Crippen LogP contribution in [-0.4, -0.2) is 9.55 Å². The lowest BCUT2D eigenvalue weighted by Crippen LogP contribution is -1.97. The molecule has 3 aromatic heterocycles. The van der Waals surface area contributed by atoms with Gasteiger partial charge in [-0.05, 0) is 24.3 Å². The van der Waals surface area contributed by atoms with Crippen molar-refractivity contribution >= 4 is 64.3 Å². The van der Waals surface area contributed by atoms with E-state index in [-0.39, 0.29) is 0 Å². The maximum Gasteiger partial charge on any atom is 0.127 e. The molecule has 4 aromatic carbocycles. The maximum atomic E-state index is 5.05. The lowest BCUT2D eigenvalue weighted by Gasteiger charge is -2.13. The van der Waals surface area contributed by atoms with Crippen molar-refractivity contribution in [3.63, 3.8) is 0 Å². The number of para-hydroxylation sites is 3. The van der Waals surface area contributed by atoms with Crippen LogP contribution in [0.25, 0.3) is 58.7 Å². The van der Waals surface area contributed by atoms with Crippen LogP contribution in [0.3, 0.4) is 0 Å². The second-order valence-corrected chi connectivity index (χ2v) is 8.66. The molecule has 0 unspecified atom stereocenters. The number of hydrogen-bond donors (Lipinski definition) is 0. The van der Waals surface area contributed by atoms with Crippen LogP contribution in [0.15, 0.2) is 97.1 Å². The summed E-state index contributed by atoms with van der Waals surface area (Å²) in [5, 5.41) is 6.25. The summed E-state index contributed by atoms with van der Waals surface area (Å²) < 4.78 is 3.72. The van der Waals surface area contributed by atoms with Gasteiger partial charge in [0.05, 0.1) is 22.2 Å². The van der Waals surface area contributed by atoms with Crippen LogP contribution < -0.4 is 0 Å². The maximum absolute atomic E-state index is 5.05. The van der Waals surface area contributed by atoms with Crippen molar-refractivity contribution in [2.24, 2.45) is 0 Å². The first-order chi connectivity index (χ1) is 14.9. The molecule has 0 aliphatic carbocycles. The summed E-state index contributed by atoms with van der Waals surface area (Å²) >= 11 is 1.77. The van der Waals surface area contributed by atoms with E-state index < -0.39 is 0 Å². The topological polar surface area (TPSA) is 17.8 Å². The van der Waals surface area contributed by atoms with E-state index in [9.17, 15) is 0 Å². The minimum absolute atomic E-state index is 1.04. The first-order valence-corrected chi connectivity index (χ1v) is 10.9. The number of benzene rings is 4. The molecular formula is C27H16N2S. The van der Waals surface area contributed by atoms with E-state index in [2.05, 4.69) is 102 Å². The normalized spacial score (nSPS) is 12.0. The smallest absolute Gasteiger partial charge is 0.127 e. The molecule has 3 heteroatoms. The zero-order chi connectivity index (χ0) is 19.7. The summed E-state index contributed by atoms with van der Waals surface area (Å²) in [7, 11) is 0. The molecule has 0 fully saturated rings. The Morgan fingerprint density at radius 3 is 1.87 bits per heavy atom. The van der Waals surface area contributed by atoms with Crippen molar-refractivity contribution in [2.75, 3.05) is 0 Å². The number of rotatable bonds is 1. The molecule has 7 rings (SSSR count). The number of thiophene rings is 1. The Morgan fingerprint density at radius 1 is 0.567 bits per heavy atom. The lowest BCUT2D eigenvalue weighted by atomic mass is 10.1. The van der Waals surface area contributed by atoms with Gasteiger partial charge in [-0.25, -0.2) is 4.98 Å². The highest BCUT2D eigenvalue weighted by atomic mass is 32.1. The number of aromatic nitrogens is 2. The van der Waals surface area contributed by atoms with Crippen molar-refractivity contribution in [1.29, 1.82) is 0 Å². The molecule has 0 bridgehead atoms. The van der Waals surface area contributed by atoms with Crippen molar-refractivity contribution in [2.45, 2.75) is 0 Å². The second kappa shape index (κ2) is 5.91. The molecule has 0 saturated heterocycles. The van der Waals surface area contributed by atoms with Gasteiger partial charge in [-0.1, -0.05) is 72.8 Å². The van der Waals surface area contributed by atoms with Crippen molar-refractivity contribution in [1.82, 2.24) is 9.55 Å². The van der Waals surface area contributed by atoms with E-state index in [1.165, 1.54) is 48.4 Å². The monoisotopic (exact) mass is 400 g/mol. The van der Waals surface area contributed by atoms with Crippen LogP contribution in [0, 0.1) is 0 Å². The van der Waals surface area contributed by atoms with E-state index in [0.717, 1.165) is 10.3 Å². The Morgan fingerprint density at radius 2 is 1.13 bits per heavy atom. The molecule has 0 radical (unpaired) electrons. The van der Waals surface area contributed by atoms with Gasteiger partial charge in [0.1, 0.15) is 4.83 Å². The molecule has 0 saturated carbocycles. The van der Waals surface area contributed by atoms with E-state index in [0.29, 0.717) is 0 Å². The molecule has 3 heterocycles. The fourth-order valence-corrected chi connectivity index (χ4v) is 5.84. The van der Waals surface area contributed by atoms with Gasteiger partial charge in [0.2, 0.25) is 0 Å². The van der Waals surface area contributed by atoms with Gasteiger partial charge in [0, 0.05) is 31.6 Å².